The average molecular weight is 577 g/mol. The van der Waals surface area contributed by atoms with Crippen molar-refractivity contribution >= 4 is 6.21 Å². The van der Waals surface area contributed by atoms with Gasteiger partial charge in [-0.15, -0.1) is 0 Å². The Morgan fingerprint density at radius 3 is 2.00 bits per heavy atom. The minimum atomic E-state index is -6.36. The maximum absolute atomic E-state index is 14.1. The van der Waals surface area contributed by atoms with Crippen LogP contribution in [0.5, 0.6) is 0 Å². The van der Waals surface area contributed by atoms with E-state index in [-0.39, 0.29) is 6.42 Å². The second-order valence-electron chi connectivity index (χ2n) is 9.09. The fourth-order valence-corrected chi connectivity index (χ4v) is 3.68. The zero-order valence-electron chi connectivity index (χ0n) is 23.2. The van der Waals surface area contributed by atoms with E-state index in [9.17, 15) is 30.7 Å². The van der Waals surface area contributed by atoms with Gasteiger partial charge in [-0.05, 0) is 30.0 Å². The average Bonchev–Trinajstić information content (AvgIpc) is 2.91. The van der Waals surface area contributed by atoms with Gasteiger partial charge in [0.2, 0.25) is 0 Å². The SMILES string of the molecule is CC.CCCC(CC(F)(F)C(F)(F)C(F)(F)F)NNC(/C=C/CNCc1ccc(C=N)cc1)c1ccc(C)cc1. The number of hydrogen-bond donors (Lipinski definition) is 4. The molecule has 2 aromatic carbocycles. The quantitative estimate of drug-likeness (QED) is 0.0573. The highest BCUT2D eigenvalue weighted by Crippen LogP contribution is 2.48. The summed E-state index contributed by atoms with van der Waals surface area (Å²) in [6, 6.07) is 12.8. The van der Waals surface area contributed by atoms with Crippen molar-refractivity contribution < 1.29 is 30.7 Å². The van der Waals surface area contributed by atoms with Crippen LogP contribution in [0.2, 0.25) is 0 Å². The molecule has 11 heteroatoms. The molecule has 0 heterocycles. The molecule has 0 saturated carbocycles. The summed E-state index contributed by atoms with van der Waals surface area (Å²) in [6.07, 6.45) is -3.01. The molecule has 2 aromatic rings. The zero-order valence-corrected chi connectivity index (χ0v) is 23.2. The summed E-state index contributed by atoms with van der Waals surface area (Å²) in [6.45, 7) is 8.52. The number of hydrogen-bond acceptors (Lipinski definition) is 4. The first-order valence-electron chi connectivity index (χ1n) is 13.2. The van der Waals surface area contributed by atoms with Gasteiger partial charge in [0.1, 0.15) is 0 Å². The predicted molar refractivity (Wildman–Crippen MR) is 146 cm³/mol. The normalized spacial score (nSPS) is 14.0. The molecule has 0 aromatic heterocycles. The molecule has 0 aliphatic heterocycles. The first kappa shape index (κ1) is 35.3. The molecule has 0 radical (unpaired) electrons. The van der Waals surface area contributed by atoms with E-state index in [1.807, 2.05) is 57.2 Å². The van der Waals surface area contributed by atoms with Crippen molar-refractivity contribution in [3.8, 4) is 0 Å². The molecular weight excluding hydrogens is 537 g/mol. The van der Waals surface area contributed by atoms with Crippen LogP contribution in [0.1, 0.15) is 68.3 Å². The second kappa shape index (κ2) is 16.5. The van der Waals surface area contributed by atoms with E-state index in [2.05, 4.69) is 16.2 Å². The highest BCUT2D eigenvalue weighted by molar-refractivity contribution is 5.76. The van der Waals surface area contributed by atoms with Crippen molar-refractivity contribution in [2.45, 2.75) is 83.6 Å². The fourth-order valence-electron chi connectivity index (χ4n) is 3.68. The minimum absolute atomic E-state index is 0.0425. The van der Waals surface area contributed by atoms with Crippen LogP contribution in [0.25, 0.3) is 0 Å². The summed E-state index contributed by atoms with van der Waals surface area (Å²) < 4.78 is 92.8. The molecule has 4 nitrogen and oxygen atoms in total. The van der Waals surface area contributed by atoms with Crippen molar-refractivity contribution in [3.63, 3.8) is 0 Å². The van der Waals surface area contributed by atoms with Gasteiger partial charge in [0.05, 0.1) is 6.04 Å². The van der Waals surface area contributed by atoms with E-state index in [1.165, 1.54) is 6.21 Å². The van der Waals surface area contributed by atoms with Crippen molar-refractivity contribution in [2.24, 2.45) is 0 Å². The fraction of sp³-hybridized carbons (Fsp3) is 0.483. The molecule has 2 atom stereocenters. The van der Waals surface area contributed by atoms with Gasteiger partial charge >= 0.3 is 18.0 Å². The summed E-state index contributed by atoms with van der Waals surface area (Å²) in [7, 11) is 0. The van der Waals surface area contributed by atoms with Gasteiger partial charge in [-0.3, -0.25) is 5.43 Å². The third kappa shape index (κ3) is 10.7. The Morgan fingerprint density at radius 1 is 0.875 bits per heavy atom. The highest BCUT2D eigenvalue weighted by atomic mass is 19.4. The first-order chi connectivity index (χ1) is 18.8. The van der Waals surface area contributed by atoms with Crippen molar-refractivity contribution in [1.82, 2.24) is 16.2 Å². The van der Waals surface area contributed by atoms with Crippen molar-refractivity contribution in [1.29, 1.82) is 5.41 Å². The Balaban J connectivity index is 0.00000391. The molecule has 224 valence electrons. The Hall–Kier alpha value is -2.76. The number of aryl methyl sites for hydroxylation is 1. The molecular formula is C29H39F7N4. The number of rotatable bonds is 15. The van der Waals surface area contributed by atoms with Crippen LogP contribution in [-0.2, 0) is 6.54 Å². The molecule has 0 spiro atoms. The maximum atomic E-state index is 14.1. The molecule has 0 amide bonds. The van der Waals surface area contributed by atoms with E-state index in [4.69, 9.17) is 5.41 Å². The molecule has 2 unspecified atom stereocenters. The number of nitrogens with one attached hydrogen (secondary N) is 4. The van der Waals surface area contributed by atoms with E-state index in [1.54, 1.807) is 31.2 Å². The molecule has 0 aliphatic rings. The lowest BCUT2D eigenvalue weighted by Gasteiger charge is -2.32. The van der Waals surface area contributed by atoms with Crippen LogP contribution in [0.3, 0.4) is 0 Å². The number of halogens is 7. The number of alkyl halides is 7. The van der Waals surface area contributed by atoms with E-state index in [0.29, 0.717) is 19.5 Å². The standard InChI is InChI=1S/C27H33F7N4.C2H6/c1-3-5-23(16-25(28,29)26(30,31)27(32,33)34)37-38-24(22-13-7-19(2)8-14-22)6-4-15-36-18-21-11-9-20(17-35)10-12-21;1-2/h4,6-14,17,23-24,35-38H,3,5,15-16,18H2,1-2H3;1-2H3/b6-4+,35-17?;. The van der Waals surface area contributed by atoms with Crippen LogP contribution in [0, 0.1) is 12.3 Å². The van der Waals surface area contributed by atoms with Crippen LogP contribution in [0.4, 0.5) is 30.7 Å². The van der Waals surface area contributed by atoms with Crippen LogP contribution in [-0.4, -0.2) is 36.8 Å². The number of benzene rings is 2. The van der Waals surface area contributed by atoms with Crippen LogP contribution < -0.4 is 16.2 Å². The number of hydrazine groups is 1. The summed E-state index contributed by atoms with van der Waals surface area (Å²) in [5, 5.41) is 10.5. The van der Waals surface area contributed by atoms with Gasteiger partial charge < -0.3 is 10.7 Å². The van der Waals surface area contributed by atoms with Gasteiger partial charge in [-0.25, -0.2) is 5.43 Å². The zero-order chi connectivity index (χ0) is 30.4. The molecule has 4 N–H and O–H groups in total. The predicted octanol–water partition coefficient (Wildman–Crippen LogP) is 7.89. The highest BCUT2D eigenvalue weighted by Gasteiger charge is 2.72. The lowest BCUT2D eigenvalue weighted by molar-refractivity contribution is -0.356. The summed E-state index contributed by atoms with van der Waals surface area (Å²) in [5.74, 6) is -11.4. The summed E-state index contributed by atoms with van der Waals surface area (Å²) >= 11 is 0. The Labute approximate surface area is 231 Å². The molecule has 2 rings (SSSR count). The maximum Gasteiger partial charge on any atom is 0.459 e. The van der Waals surface area contributed by atoms with Crippen LogP contribution >= 0.6 is 0 Å². The molecule has 0 fully saturated rings. The van der Waals surface area contributed by atoms with Gasteiger partial charge in [0.15, 0.2) is 0 Å². The Morgan fingerprint density at radius 2 is 1.48 bits per heavy atom. The lowest BCUT2D eigenvalue weighted by atomic mass is 9.99. The van der Waals surface area contributed by atoms with Crippen molar-refractivity contribution in [3.05, 3.63) is 82.9 Å². The van der Waals surface area contributed by atoms with Crippen molar-refractivity contribution in [2.75, 3.05) is 6.54 Å². The Kier molecular flexibility index (Phi) is 14.5. The molecule has 40 heavy (non-hydrogen) atoms. The third-order valence-electron chi connectivity index (χ3n) is 5.90. The molecule has 0 aliphatic carbocycles. The second-order valence-corrected chi connectivity index (χ2v) is 9.09. The van der Waals surface area contributed by atoms with E-state index in [0.717, 1.165) is 22.3 Å². The monoisotopic (exact) mass is 576 g/mol. The topological polar surface area (TPSA) is 59.9 Å². The smallest absolute Gasteiger partial charge is 0.309 e. The first-order valence-corrected chi connectivity index (χ1v) is 13.2. The van der Waals surface area contributed by atoms with Gasteiger partial charge in [-0.2, -0.15) is 30.7 Å². The summed E-state index contributed by atoms with van der Waals surface area (Å²) in [5.41, 5.74) is 8.92. The minimum Gasteiger partial charge on any atom is -0.309 e. The summed E-state index contributed by atoms with van der Waals surface area (Å²) in [4.78, 5) is 0. The van der Waals surface area contributed by atoms with E-state index >= 15 is 0 Å². The van der Waals surface area contributed by atoms with Gasteiger partial charge in [0.25, 0.3) is 0 Å². The lowest BCUT2D eigenvalue weighted by Crippen LogP contribution is -2.55. The van der Waals surface area contributed by atoms with Gasteiger partial charge in [0, 0.05) is 31.8 Å². The third-order valence-corrected chi connectivity index (χ3v) is 5.90. The van der Waals surface area contributed by atoms with Gasteiger partial charge in [-0.1, -0.05) is 93.4 Å². The Bertz CT molecular complexity index is 1020. The molecule has 0 saturated heterocycles. The van der Waals surface area contributed by atoms with E-state index < -0.39 is 36.5 Å². The largest absolute Gasteiger partial charge is 0.459 e. The van der Waals surface area contributed by atoms with Crippen LogP contribution in [0.15, 0.2) is 60.7 Å². The molecule has 0 bridgehead atoms.